The lowest BCUT2D eigenvalue weighted by atomic mass is 10.1. The van der Waals surface area contributed by atoms with Crippen LogP contribution in [0, 0.1) is 9.49 Å². The third kappa shape index (κ3) is 2.24. The van der Waals surface area contributed by atoms with Crippen molar-refractivity contribution in [3.63, 3.8) is 0 Å². The van der Waals surface area contributed by atoms with E-state index >= 15 is 0 Å². The van der Waals surface area contributed by atoms with Crippen molar-refractivity contribution in [2.75, 3.05) is 9.33 Å². The predicted molar refractivity (Wildman–Crippen MR) is 78.6 cm³/mol. The lowest BCUT2D eigenvalue weighted by Crippen LogP contribution is -2.30. The van der Waals surface area contributed by atoms with Gasteiger partial charge in [0.1, 0.15) is 0 Å². The van der Waals surface area contributed by atoms with E-state index < -0.39 is 0 Å². The number of hydrogen-bond donors (Lipinski definition) is 0. The molecule has 0 N–H and O–H groups in total. The highest BCUT2D eigenvalue weighted by Gasteiger charge is 2.38. The summed E-state index contributed by atoms with van der Waals surface area (Å²) >= 11 is 4.34. The molecule has 1 heterocycles. The third-order valence-corrected chi connectivity index (χ3v) is 4.29. The fourth-order valence-electron chi connectivity index (χ4n) is 1.68. The first-order chi connectivity index (χ1) is 7.63. The van der Waals surface area contributed by atoms with Crippen LogP contribution in [0.3, 0.4) is 0 Å². The maximum atomic E-state index is 11.9. The number of anilines is 1. The van der Waals surface area contributed by atoms with Crippen LogP contribution in [-0.2, 0) is 9.59 Å². The lowest BCUT2D eigenvalue weighted by Gasteiger charge is -2.14. The van der Waals surface area contributed by atoms with Gasteiger partial charge >= 0.3 is 0 Å². The fourth-order valence-corrected chi connectivity index (χ4v) is 2.72. The molecule has 0 radical (unpaired) electrons. The van der Waals surface area contributed by atoms with Gasteiger partial charge in [0.2, 0.25) is 11.8 Å². The first-order valence-corrected chi connectivity index (χ1v) is 7.42. The van der Waals surface area contributed by atoms with E-state index in [1.165, 1.54) is 4.90 Å². The molecule has 2 amide bonds. The Balaban J connectivity index is 2.31. The van der Waals surface area contributed by atoms with E-state index in [0.29, 0.717) is 16.5 Å². The number of carbonyl (C=O) groups is 2. The van der Waals surface area contributed by atoms with Gasteiger partial charge in [-0.05, 0) is 46.9 Å². The van der Waals surface area contributed by atoms with Gasteiger partial charge in [0.05, 0.1) is 11.6 Å². The molecule has 84 valence electrons. The van der Waals surface area contributed by atoms with Crippen LogP contribution in [0.5, 0.6) is 0 Å². The number of rotatable bonds is 2. The Labute approximate surface area is 121 Å². The molecule has 0 aliphatic carbocycles. The van der Waals surface area contributed by atoms with Crippen LogP contribution in [0.2, 0.25) is 0 Å². The Hall–Kier alpha value is -0.180. The summed E-state index contributed by atoms with van der Waals surface area (Å²) in [5.41, 5.74) is 0.683. The van der Waals surface area contributed by atoms with Crippen LogP contribution in [0.15, 0.2) is 24.3 Å². The molecule has 5 heteroatoms. The fraction of sp³-hybridized carbons (Fsp3) is 0.273. The first kappa shape index (κ1) is 12.3. The van der Waals surface area contributed by atoms with Crippen molar-refractivity contribution in [2.45, 2.75) is 6.42 Å². The zero-order chi connectivity index (χ0) is 11.7. The highest BCUT2D eigenvalue weighted by Crippen LogP contribution is 2.27. The van der Waals surface area contributed by atoms with Crippen molar-refractivity contribution in [3.05, 3.63) is 27.8 Å². The molecule has 1 aromatic rings. The van der Waals surface area contributed by atoms with Gasteiger partial charge in [-0.3, -0.25) is 14.5 Å². The molecule has 1 aliphatic heterocycles. The second-order valence-electron chi connectivity index (χ2n) is 3.60. The minimum atomic E-state index is -0.146. The summed E-state index contributed by atoms with van der Waals surface area (Å²) < 4.78 is 1.79. The van der Waals surface area contributed by atoms with Crippen molar-refractivity contribution in [2.24, 2.45) is 5.92 Å². The SMILES string of the molecule is O=C1CC(CI)C(=O)N1c1ccc(I)cc1. The van der Waals surface area contributed by atoms with E-state index in [-0.39, 0.29) is 17.7 Å². The predicted octanol–water partition coefficient (Wildman–Crippen LogP) is 2.61. The zero-order valence-corrected chi connectivity index (χ0v) is 12.6. The summed E-state index contributed by atoms with van der Waals surface area (Å²) in [6.45, 7) is 0. The molecule has 2 rings (SSSR count). The van der Waals surface area contributed by atoms with Crippen LogP contribution in [0.4, 0.5) is 5.69 Å². The van der Waals surface area contributed by atoms with Gasteiger partial charge in [-0.15, -0.1) is 0 Å². The molecule has 1 aromatic carbocycles. The Morgan fingerprint density at radius 1 is 1.25 bits per heavy atom. The molecule has 1 unspecified atom stereocenters. The van der Waals surface area contributed by atoms with Crippen molar-refractivity contribution in [1.29, 1.82) is 0 Å². The molecule has 3 nitrogen and oxygen atoms in total. The van der Waals surface area contributed by atoms with Crippen molar-refractivity contribution in [3.8, 4) is 0 Å². The Kier molecular flexibility index (Phi) is 3.83. The topological polar surface area (TPSA) is 37.4 Å². The number of imide groups is 1. The summed E-state index contributed by atoms with van der Waals surface area (Å²) in [7, 11) is 0. The van der Waals surface area contributed by atoms with Crippen LogP contribution >= 0.6 is 45.2 Å². The number of benzene rings is 1. The maximum absolute atomic E-state index is 11.9. The van der Waals surface area contributed by atoms with E-state index in [2.05, 4.69) is 45.2 Å². The number of alkyl halides is 1. The third-order valence-electron chi connectivity index (χ3n) is 2.51. The largest absolute Gasteiger partial charge is 0.274 e. The summed E-state index contributed by atoms with van der Waals surface area (Å²) in [5.74, 6) is -0.305. The molecular formula is C11H9I2NO2. The monoisotopic (exact) mass is 441 g/mol. The summed E-state index contributed by atoms with van der Waals surface area (Å²) in [4.78, 5) is 25.0. The normalized spacial score (nSPS) is 20.6. The highest BCUT2D eigenvalue weighted by molar-refractivity contribution is 14.1. The Bertz CT molecular complexity index is 430. The van der Waals surface area contributed by atoms with Crippen LogP contribution in [0.25, 0.3) is 0 Å². The molecular weight excluding hydrogens is 432 g/mol. The number of carbonyl (C=O) groups excluding carboxylic acids is 2. The van der Waals surface area contributed by atoms with Gasteiger partial charge in [0, 0.05) is 14.4 Å². The van der Waals surface area contributed by atoms with Crippen molar-refractivity contribution >= 4 is 62.7 Å². The highest BCUT2D eigenvalue weighted by atomic mass is 127. The van der Waals surface area contributed by atoms with E-state index in [1.54, 1.807) is 0 Å². The van der Waals surface area contributed by atoms with Gasteiger partial charge in [-0.25, -0.2) is 0 Å². The number of hydrogen-bond acceptors (Lipinski definition) is 2. The molecule has 0 saturated carbocycles. The average molecular weight is 441 g/mol. The second-order valence-corrected chi connectivity index (χ2v) is 5.73. The first-order valence-electron chi connectivity index (χ1n) is 4.82. The molecule has 16 heavy (non-hydrogen) atoms. The van der Waals surface area contributed by atoms with Crippen molar-refractivity contribution in [1.82, 2.24) is 0 Å². The zero-order valence-electron chi connectivity index (χ0n) is 8.32. The Morgan fingerprint density at radius 3 is 2.38 bits per heavy atom. The molecule has 1 fully saturated rings. The van der Waals surface area contributed by atoms with Crippen LogP contribution < -0.4 is 4.90 Å². The lowest BCUT2D eigenvalue weighted by molar-refractivity contribution is -0.122. The molecule has 1 aliphatic rings. The van der Waals surface area contributed by atoms with Crippen LogP contribution in [0.1, 0.15) is 6.42 Å². The van der Waals surface area contributed by atoms with Crippen LogP contribution in [-0.4, -0.2) is 16.2 Å². The molecule has 1 atom stereocenters. The molecule has 0 spiro atoms. The van der Waals surface area contributed by atoms with E-state index in [0.717, 1.165) is 3.57 Å². The van der Waals surface area contributed by atoms with Gasteiger partial charge in [0.25, 0.3) is 0 Å². The van der Waals surface area contributed by atoms with E-state index in [9.17, 15) is 9.59 Å². The summed E-state index contributed by atoms with van der Waals surface area (Å²) in [5, 5.41) is 0. The summed E-state index contributed by atoms with van der Waals surface area (Å²) in [6.07, 6.45) is 0.341. The van der Waals surface area contributed by atoms with E-state index in [1.807, 2.05) is 24.3 Å². The standard InChI is InChI=1S/C11H9I2NO2/c12-6-7-5-10(15)14(11(7)16)9-3-1-8(13)2-4-9/h1-4,7H,5-6H2. The molecule has 1 saturated heterocycles. The summed E-state index contributed by atoms with van der Waals surface area (Å²) in [6, 6.07) is 7.42. The quantitative estimate of drug-likeness (QED) is 0.402. The van der Waals surface area contributed by atoms with Gasteiger partial charge < -0.3 is 0 Å². The number of nitrogens with zero attached hydrogens (tertiary/aromatic N) is 1. The minimum Gasteiger partial charge on any atom is -0.274 e. The minimum absolute atomic E-state index is 0.0689. The number of amides is 2. The van der Waals surface area contributed by atoms with Crippen molar-refractivity contribution < 1.29 is 9.59 Å². The molecule has 0 bridgehead atoms. The molecule has 0 aromatic heterocycles. The second kappa shape index (κ2) is 4.99. The van der Waals surface area contributed by atoms with Gasteiger partial charge in [-0.2, -0.15) is 0 Å². The smallest absolute Gasteiger partial charge is 0.238 e. The van der Waals surface area contributed by atoms with Gasteiger partial charge in [0.15, 0.2) is 0 Å². The van der Waals surface area contributed by atoms with Gasteiger partial charge in [-0.1, -0.05) is 22.6 Å². The maximum Gasteiger partial charge on any atom is 0.238 e. The van der Waals surface area contributed by atoms with E-state index in [4.69, 9.17) is 0 Å². The average Bonchev–Trinajstić information content (AvgIpc) is 2.56. The number of halogens is 2. The Morgan fingerprint density at radius 2 is 1.88 bits per heavy atom.